The molecule has 0 amide bonds. The lowest BCUT2D eigenvalue weighted by atomic mass is 10.1. The Bertz CT molecular complexity index is 971. The second-order valence-corrected chi connectivity index (χ2v) is 8.44. The van der Waals surface area contributed by atoms with Crippen LogP contribution in [0.3, 0.4) is 0 Å². The van der Waals surface area contributed by atoms with Gasteiger partial charge in [-0.2, -0.15) is 0 Å². The van der Waals surface area contributed by atoms with E-state index in [1.807, 2.05) is 18.2 Å². The fourth-order valence-corrected chi connectivity index (χ4v) is 4.97. The van der Waals surface area contributed by atoms with E-state index in [1.54, 1.807) is 26.0 Å². The highest BCUT2D eigenvalue weighted by molar-refractivity contribution is 7.89. The van der Waals surface area contributed by atoms with Crippen LogP contribution in [0, 0.1) is 0 Å². The molecule has 0 saturated heterocycles. The van der Waals surface area contributed by atoms with Gasteiger partial charge in [-0.05, 0) is 44.4 Å². The fourth-order valence-electron chi connectivity index (χ4n) is 3.29. The monoisotopic (exact) mass is 400 g/mol. The van der Waals surface area contributed by atoms with Gasteiger partial charge in [0.2, 0.25) is 0 Å². The van der Waals surface area contributed by atoms with E-state index in [4.69, 9.17) is 4.74 Å². The average molecular weight is 401 g/mol. The van der Waals surface area contributed by atoms with E-state index in [0.717, 1.165) is 12.8 Å². The van der Waals surface area contributed by atoms with Gasteiger partial charge >= 0.3 is 5.97 Å². The Hall–Kier alpha value is -2.67. The largest absolute Gasteiger partial charge is 0.462 e. The van der Waals surface area contributed by atoms with E-state index < -0.39 is 16.0 Å². The first-order chi connectivity index (χ1) is 13.4. The maximum atomic E-state index is 13.2. The number of amidine groups is 1. The molecule has 2 aromatic rings. The summed E-state index contributed by atoms with van der Waals surface area (Å²) in [6, 6.07) is 16.1. The van der Waals surface area contributed by atoms with E-state index in [0.29, 0.717) is 5.84 Å². The van der Waals surface area contributed by atoms with Gasteiger partial charge in [0.05, 0.1) is 24.8 Å². The number of aliphatic imine (C=N–C) groups is 1. The van der Waals surface area contributed by atoms with E-state index in [2.05, 4.69) is 17.1 Å². The van der Waals surface area contributed by atoms with Crippen LogP contribution >= 0.6 is 0 Å². The number of ether oxygens (including phenoxy) is 1. The number of rotatable bonds is 7. The molecule has 0 N–H and O–H groups in total. The molecule has 0 fully saturated rings. The van der Waals surface area contributed by atoms with Gasteiger partial charge in [-0.25, -0.2) is 13.2 Å². The zero-order valence-electron chi connectivity index (χ0n) is 16.0. The zero-order valence-corrected chi connectivity index (χ0v) is 16.9. The van der Waals surface area contributed by atoms with Crippen LogP contribution in [0.15, 0.2) is 64.5 Å². The Morgan fingerprint density at radius 3 is 2.54 bits per heavy atom. The molecule has 0 aliphatic carbocycles. The minimum absolute atomic E-state index is 0.0462. The van der Waals surface area contributed by atoms with Crippen molar-refractivity contribution >= 4 is 21.8 Å². The number of benzene rings is 2. The summed E-state index contributed by atoms with van der Waals surface area (Å²) < 4.78 is 32.8. The summed E-state index contributed by atoms with van der Waals surface area (Å²) in [5.41, 5.74) is 1.24. The van der Waals surface area contributed by atoms with Crippen molar-refractivity contribution in [3.05, 3.63) is 65.7 Å². The Kier molecular flexibility index (Phi) is 6.14. The SMILES string of the molecule is CCOC(=O)c1ccccc1S(=O)(=O)N1CC(CCc2ccccc2)N=C1C. The minimum atomic E-state index is -3.90. The molecule has 1 unspecified atom stereocenters. The summed E-state index contributed by atoms with van der Waals surface area (Å²) in [5, 5.41) is 0. The average Bonchev–Trinajstić information content (AvgIpc) is 3.09. The summed E-state index contributed by atoms with van der Waals surface area (Å²) in [6.07, 6.45) is 1.59. The summed E-state index contributed by atoms with van der Waals surface area (Å²) in [5.74, 6) is -0.201. The normalized spacial score (nSPS) is 16.7. The van der Waals surface area contributed by atoms with Crippen molar-refractivity contribution < 1.29 is 17.9 Å². The van der Waals surface area contributed by atoms with Crippen LogP contribution in [0.1, 0.15) is 36.2 Å². The summed E-state index contributed by atoms with van der Waals surface area (Å²) >= 11 is 0. The molecule has 0 aromatic heterocycles. The smallest absolute Gasteiger partial charge is 0.339 e. The Morgan fingerprint density at radius 2 is 1.82 bits per heavy atom. The van der Waals surface area contributed by atoms with Gasteiger partial charge in [-0.1, -0.05) is 42.5 Å². The first kappa shape index (κ1) is 20.1. The lowest BCUT2D eigenvalue weighted by molar-refractivity contribution is 0.0521. The van der Waals surface area contributed by atoms with Crippen molar-refractivity contribution in [2.75, 3.05) is 13.2 Å². The molecule has 1 heterocycles. The molecule has 0 bridgehead atoms. The zero-order chi connectivity index (χ0) is 20.1. The quantitative estimate of drug-likeness (QED) is 0.669. The second-order valence-electron chi connectivity index (χ2n) is 6.61. The van der Waals surface area contributed by atoms with Crippen molar-refractivity contribution in [1.29, 1.82) is 0 Å². The maximum Gasteiger partial charge on any atom is 0.339 e. The predicted molar refractivity (Wildman–Crippen MR) is 108 cm³/mol. The first-order valence-corrected chi connectivity index (χ1v) is 10.7. The van der Waals surface area contributed by atoms with Crippen molar-refractivity contribution in [3.8, 4) is 0 Å². The van der Waals surface area contributed by atoms with Crippen LogP contribution in [-0.2, 0) is 21.2 Å². The van der Waals surface area contributed by atoms with Gasteiger partial charge in [0, 0.05) is 0 Å². The van der Waals surface area contributed by atoms with Crippen LogP contribution in [0.2, 0.25) is 0 Å². The number of esters is 1. The molecule has 2 aromatic carbocycles. The Balaban J connectivity index is 1.78. The van der Waals surface area contributed by atoms with Gasteiger partial charge in [0.15, 0.2) is 0 Å². The molecule has 1 aliphatic heterocycles. The summed E-state index contributed by atoms with van der Waals surface area (Å²) in [7, 11) is -3.90. The van der Waals surface area contributed by atoms with Crippen LogP contribution in [0.4, 0.5) is 0 Å². The number of sulfonamides is 1. The molecule has 1 atom stereocenters. The summed E-state index contributed by atoms with van der Waals surface area (Å²) in [4.78, 5) is 16.7. The van der Waals surface area contributed by atoms with Gasteiger partial charge in [-0.15, -0.1) is 0 Å². The van der Waals surface area contributed by atoms with E-state index in [1.165, 1.54) is 22.0 Å². The van der Waals surface area contributed by atoms with E-state index in [9.17, 15) is 13.2 Å². The Labute approximate surface area is 165 Å². The van der Waals surface area contributed by atoms with Crippen LogP contribution in [0.25, 0.3) is 0 Å². The molecule has 0 spiro atoms. The molecule has 0 radical (unpaired) electrons. The standard InChI is InChI=1S/C21H24N2O4S/c1-3-27-21(24)19-11-7-8-12-20(19)28(25,26)23-15-18(22-16(23)2)14-13-17-9-5-4-6-10-17/h4-12,18H,3,13-15H2,1-2H3. The van der Waals surface area contributed by atoms with Crippen LogP contribution < -0.4 is 0 Å². The number of carbonyl (C=O) groups is 1. The van der Waals surface area contributed by atoms with Crippen LogP contribution in [-0.4, -0.2) is 43.7 Å². The van der Waals surface area contributed by atoms with Gasteiger partial charge in [0.25, 0.3) is 10.0 Å². The van der Waals surface area contributed by atoms with Crippen molar-refractivity contribution in [2.24, 2.45) is 4.99 Å². The number of hydrogen-bond acceptors (Lipinski definition) is 5. The second kappa shape index (κ2) is 8.56. The third-order valence-corrected chi connectivity index (χ3v) is 6.57. The van der Waals surface area contributed by atoms with Gasteiger partial charge in [0.1, 0.15) is 10.7 Å². The molecule has 148 valence electrons. The number of nitrogens with zero attached hydrogens (tertiary/aromatic N) is 2. The molecule has 0 saturated carbocycles. The van der Waals surface area contributed by atoms with E-state index in [-0.39, 0.29) is 29.7 Å². The fraction of sp³-hybridized carbons (Fsp3) is 0.333. The number of hydrogen-bond donors (Lipinski definition) is 0. The number of carbonyl (C=O) groups excluding carboxylic acids is 1. The lowest BCUT2D eigenvalue weighted by Crippen LogP contribution is -2.35. The van der Waals surface area contributed by atoms with E-state index >= 15 is 0 Å². The summed E-state index contributed by atoms with van der Waals surface area (Å²) in [6.45, 7) is 3.83. The first-order valence-electron chi connectivity index (χ1n) is 9.30. The molecule has 28 heavy (non-hydrogen) atoms. The van der Waals surface area contributed by atoms with Crippen LogP contribution in [0.5, 0.6) is 0 Å². The Morgan fingerprint density at radius 1 is 1.14 bits per heavy atom. The molecular weight excluding hydrogens is 376 g/mol. The van der Waals surface area contributed by atoms with Gasteiger partial charge < -0.3 is 4.74 Å². The topological polar surface area (TPSA) is 76.0 Å². The predicted octanol–water partition coefficient (Wildman–Crippen LogP) is 3.29. The highest BCUT2D eigenvalue weighted by Gasteiger charge is 2.35. The number of aryl methyl sites for hydroxylation is 1. The molecule has 6 nitrogen and oxygen atoms in total. The third kappa shape index (κ3) is 4.25. The van der Waals surface area contributed by atoms with Crippen molar-refractivity contribution in [1.82, 2.24) is 4.31 Å². The lowest BCUT2D eigenvalue weighted by Gasteiger charge is -2.21. The maximum absolute atomic E-state index is 13.2. The molecule has 7 heteroatoms. The third-order valence-electron chi connectivity index (χ3n) is 4.67. The van der Waals surface area contributed by atoms with Crippen molar-refractivity contribution in [2.45, 2.75) is 37.6 Å². The van der Waals surface area contributed by atoms with Crippen molar-refractivity contribution in [3.63, 3.8) is 0 Å². The highest BCUT2D eigenvalue weighted by Crippen LogP contribution is 2.26. The minimum Gasteiger partial charge on any atom is -0.462 e. The molecule has 3 rings (SSSR count). The molecular formula is C21H24N2O4S. The molecule has 1 aliphatic rings. The highest BCUT2D eigenvalue weighted by atomic mass is 32.2. The van der Waals surface area contributed by atoms with Gasteiger partial charge in [-0.3, -0.25) is 9.30 Å².